The number of carboxylic acid groups (broad SMARTS) is 1. The number of ether oxygens (including phenoxy) is 1. The van der Waals surface area contributed by atoms with Crippen LogP contribution < -0.4 is 5.32 Å². The van der Waals surface area contributed by atoms with Gasteiger partial charge in [0.25, 0.3) is 5.91 Å². The van der Waals surface area contributed by atoms with Crippen molar-refractivity contribution in [3.05, 3.63) is 120 Å². The van der Waals surface area contributed by atoms with E-state index in [0.29, 0.717) is 38.1 Å². The average Bonchev–Trinajstić information content (AvgIpc) is 3.84. The van der Waals surface area contributed by atoms with Crippen LogP contribution in [0.4, 0.5) is 13.2 Å². The largest absolute Gasteiger partial charge is 0.490 e. The number of carbonyl (C=O) groups is 3. The topological polar surface area (TPSA) is 135 Å². The Hall–Kier alpha value is -5.24. The fourth-order valence-corrected chi connectivity index (χ4v) is 6.51. The highest BCUT2D eigenvalue weighted by Gasteiger charge is 2.38. The number of aromatic amines is 1. The van der Waals surface area contributed by atoms with Crippen LogP contribution >= 0.6 is 0 Å². The highest BCUT2D eigenvalue weighted by Crippen LogP contribution is 2.28. The van der Waals surface area contributed by atoms with Crippen LogP contribution in [0.5, 0.6) is 0 Å². The SMILES string of the molecule is CCOC1(O)C=CC(N(Cc2cccc(-c3cccc(C(=O)NCCN4CCCC4)c3)c2)C(=O)CCc2c[nH]c3ccccc23)=CC1.O=C(O)C(F)(F)F. The minimum absolute atomic E-state index is 0.00830. The summed E-state index contributed by atoms with van der Waals surface area (Å²) in [6.07, 6.45) is 5.83. The zero-order chi connectivity index (χ0) is 38.7. The van der Waals surface area contributed by atoms with E-state index in [2.05, 4.69) is 27.3 Å². The highest BCUT2D eigenvalue weighted by atomic mass is 19.4. The number of aliphatic carboxylic acids is 1. The maximum absolute atomic E-state index is 13.9. The van der Waals surface area contributed by atoms with E-state index < -0.39 is 17.9 Å². The highest BCUT2D eigenvalue weighted by molar-refractivity contribution is 5.95. The second kappa shape index (κ2) is 18.2. The number of aliphatic hydroxyl groups is 1. The normalized spacial score (nSPS) is 17.1. The number of carboxylic acids is 1. The molecule has 1 aliphatic heterocycles. The summed E-state index contributed by atoms with van der Waals surface area (Å²) in [5.41, 5.74) is 6.39. The lowest BCUT2D eigenvalue weighted by Crippen LogP contribution is -2.35. The Kier molecular flexibility index (Phi) is 13.5. The number of para-hydroxylation sites is 1. The van der Waals surface area contributed by atoms with Gasteiger partial charge in [0.05, 0.1) is 6.54 Å². The van der Waals surface area contributed by atoms with E-state index in [1.165, 1.54) is 12.8 Å². The molecule has 2 amide bonds. The minimum atomic E-state index is -5.08. The van der Waals surface area contributed by atoms with Gasteiger partial charge in [-0.1, -0.05) is 54.6 Å². The molecule has 0 bridgehead atoms. The van der Waals surface area contributed by atoms with Crippen molar-refractivity contribution in [3.8, 4) is 11.1 Å². The van der Waals surface area contributed by atoms with Gasteiger partial charge >= 0.3 is 12.1 Å². The maximum atomic E-state index is 13.9. The van der Waals surface area contributed by atoms with Crippen LogP contribution in [-0.4, -0.2) is 87.5 Å². The van der Waals surface area contributed by atoms with Gasteiger partial charge < -0.3 is 35.1 Å². The number of fused-ring (bicyclic) bond motifs is 1. The summed E-state index contributed by atoms with van der Waals surface area (Å²) in [6.45, 7) is 6.31. The third-order valence-electron chi connectivity index (χ3n) is 9.29. The first-order chi connectivity index (χ1) is 25.8. The molecule has 4 N–H and O–H groups in total. The second-order valence-corrected chi connectivity index (χ2v) is 13.2. The zero-order valence-corrected chi connectivity index (χ0v) is 30.1. The molecule has 4 aromatic rings. The van der Waals surface area contributed by atoms with Gasteiger partial charge in [0.15, 0.2) is 5.79 Å². The molecule has 13 heteroatoms. The van der Waals surface area contributed by atoms with Crippen LogP contribution in [0.25, 0.3) is 22.0 Å². The smallest absolute Gasteiger partial charge is 0.475 e. The third-order valence-corrected chi connectivity index (χ3v) is 9.29. The molecule has 1 aliphatic carbocycles. The molecule has 54 heavy (non-hydrogen) atoms. The number of hydrogen-bond acceptors (Lipinski definition) is 6. The van der Waals surface area contributed by atoms with E-state index in [-0.39, 0.29) is 18.2 Å². The fraction of sp³-hybridized carbons (Fsp3) is 0.341. The molecule has 1 fully saturated rings. The Balaban J connectivity index is 0.000000730. The number of H-pyrrole nitrogens is 1. The first-order valence-corrected chi connectivity index (χ1v) is 18.0. The molecule has 2 heterocycles. The molecule has 10 nitrogen and oxygen atoms in total. The molecule has 0 saturated carbocycles. The van der Waals surface area contributed by atoms with E-state index in [0.717, 1.165) is 58.5 Å². The molecule has 6 rings (SSSR count). The summed E-state index contributed by atoms with van der Waals surface area (Å²) in [6, 6.07) is 23.9. The quantitative estimate of drug-likeness (QED) is 0.110. The van der Waals surface area contributed by atoms with Crippen LogP contribution in [0.2, 0.25) is 0 Å². The van der Waals surface area contributed by atoms with Gasteiger partial charge in [0, 0.05) is 60.9 Å². The number of carbonyl (C=O) groups excluding carboxylic acids is 2. The second-order valence-electron chi connectivity index (χ2n) is 13.2. The lowest BCUT2D eigenvalue weighted by atomic mass is 9.99. The first-order valence-electron chi connectivity index (χ1n) is 18.0. The molecule has 0 radical (unpaired) electrons. The maximum Gasteiger partial charge on any atom is 0.490 e. The molecule has 1 saturated heterocycles. The molecule has 3 aromatic carbocycles. The van der Waals surface area contributed by atoms with Crippen molar-refractivity contribution in [2.45, 2.75) is 57.5 Å². The van der Waals surface area contributed by atoms with Crippen LogP contribution in [0, 0.1) is 0 Å². The number of benzene rings is 3. The van der Waals surface area contributed by atoms with Gasteiger partial charge in [-0.3, -0.25) is 9.59 Å². The molecule has 2 aliphatic rings. The number of allylic oxidation sites excluding steroid dienone is 1. The van der Waals surface area contributed by atoms with Crippen LogP contribution in [0.15, 0.2) is 103 Å². The Morgan fingerprint density at radius 3 is 2.39 bits per heavy atom. The zero-order valence-electron chi connectivity index (χ0n) is 30.1. The van der Waals surface area contributed by atoms with Crippen molar-refractivity contribution in [1.29, 1.82) is 0 Å². The number of aryl methyl sites for hydroxylation is 1. The van der Waals surface area contributed by atoms with Gasteiger partial charge in [-0.2, -0.15) is 13.2 Å². The van der Waals surface area contributed by atoms with Crippen LogP contribution in [-0.2, 0) is 27.3 Å². The number of nitrogens with one attached hydrogen (secondary N) is 2. The third kappa shape index (κ3) is 10.9. The minimum Gasteiger partial charge on any atom is -0.475 e. The molecule has 1 unspecified atom stereocenters. The van der Waals surface area contributed by atoms with Crippen molar-refractivity contribution in [2.24, 2.45) is 0 Å². The van der Waals surface area contributed by atoms with Crippen LogP contribution in [0.3, 0.4) is 0 Å². The summed E-state index contributed by atoms with van der Waals surface area (Å²) >= 11 is 0. The van der Waals surface area contributed by atoms with Crippen molar-refractivity contribution < 1.29 is 42.5 Å². The molecular formula is C41H45F3N4O6. The van der Waals surface area contributed by atoms with Gasteiger partial charge in [0.1, 0.15) is 0 Å². The predicted octanol–water partition coefficient (Wildman–Crippen LogP) is 6.82. The average molecular weight is 747 g/mol. The predicted molar refractivity (Wildman–Crippen MR) is 199 cm³/mol. The monoisotopic (exact) mass is 746 g/mol. The number of amides is 2. The lowest BCUT2D eigenvalue weighted by molar-refractivity contribution is -0.192. The van der Waals surface area contributed by atoms with E-state index >= 15 is 0 Å². The Morgan fingerprint density at radius 2 is 1.70 bits per heavy atom. The van der Waals surface area contributed by atoms with Gasteiger partial charge in [-0.15, -0.1) is 0 Å². The fourth-order valence-electron chi connectivity index (χ4n) is 6.51. The number of rotatable bonds is 13. The number of alkyl halides is 3. The van der Waals surface area contributed by atoms with E-state index in [1.807, 2.05) is 79.9 Å². The molecule has 1 aromatic heterocycles. The summed E-state index contributed by atoms with van der Waals surface area (Å²) in [4.78, 5) is 43.2. The summed E-state index contributed by atoms with van der Waals surface area (Å²) in [5.74, 6) is -4.21. The van der Waals surface area contributed by atoms with Crippen LogP contribution in [0.1, 0.15) is 54.1 Å². The number of halogens is 3. The van der Waals surface area contributed by atoms with E-state index in [4.69, 9.17) is 14.6 Å². The van der Waals surface area contributed by atoms with Crippen molar-refractivity contribution >= 4 is 28.7 Å². The molecule has 0 spiro atoms. The Labute approximate surface area is 311 Å². The van der Waals surface area contributed by atoms with Crippen molar-refractivity contribution in [1.82, 2.24) is 20.1 Å². The lowest BCUT2D eigenvalue weighted by Gasteiger charge is -2.31. The van der Waals surface area contributed by atoms with E-state index in [9.17, 15) is 27.9 Å². The number of nitrogens with zero attached hydrogens (tertiary/aromatic N) is 2. The van der Waals surface area contributed by atoms with Gasteiger partial charge in [0.2, 0.25) is 5.91 Å². The Bertz CT molecular complexity index is 1980. The Morgan fingerprint density at radius 1 is 1.00 bits per heavy atom. The summed E-state index contributed by atoms with van der Waals surface area (Å²) in [5, 5.41) is 22.1. The molecular weight excluding hydrogens is 701 g/mol. The summed E-state index contributed by atoms with van der Waals surface area (Å²) < 4.78 is 37.3. The van der Waals surface area contributed by atoms with Crippen molar-refractivity contribution in [2.75, 3.05) is 32.8 Å². The van der Waals surface area contributed by atoms with Gasteiger partial charge in [-0.25, -0.2) is 4.79 Å². The van der Waals surface area contributed by atoms with Gasteiger partial charge in [-0.05, 0) is 97.9 Å². The number of aromatic nitrogens is 1. The summed E-state index contributed by atoms with van der Waals surface area (Å²) in [7, 11) is 0. The standard InChI is InChI=1S/C39H44N4O4.C2HF3O2/c1-2-47-39(46)19-17-34(18-20-39)43(37(44)16-15-33-27-41-36-14-4-3-13-35(33)36)28-29-9-7-10-30(25-29)31-11-8-12-32(26-31)38(45)40-21-24-42-22-5-6-23-42;3-2(4,5)1(6)7/h3-4,7-14,17-19,25-27,41,46H,2,5-6,15-16,20-24,28H2,1H3,(H,40,45);(H,6,7). The molecule has 286 valence electrons. The van der Waals surface area contributed by atoms with E-state index in [1.54, 1.807) is 17.1 Å². The number of hydrogen-bond donors (Lipinski definition) is 4. The first kappa shape index (κ1) is 40.0. The van der Waals surface area contributed by atoms with Crippen molar-refractivity contribution in [3.63, 3.8) is 0 Å². The number of likely N-dealkylation sites (tertiary alicyclic amines) is 1. The molecule has 1 atom stereocenters.